The van der Waals surface area contributed by atoms with Gasteiger partial charge in [0, 0.05) is 36.7 Å². The van der Waals surface area contributed by atoms with Gasteiger partial charge in [-0.25, -0.2) is 4.39 Å². The fourth-order valence-electron chi connectivity index (χ4n) is 7.27. The molecule has 274 valence electrons. The van der Waals surface area contributed by atoms with E-state index >= 15 is 0 Å². The van der Waals surface area contributed by atoms with E-state index in [1.54, 1.807) is 12.1 Å². The third-order valence-electron chi connectivity index (χ3n) is 9.85. The van der Waals surface area contributed by atoms with Gasteiger partial charge in [-0.05, 0) is 88.3 Å². The van der Waals surface area contributed by atoms with Crippen LogP contribution in [0.5, 0.6) is 0 Å². The van der Waals surface area contributed by atoms with Crippen LogP contribution in [0.2, 0.25) is 5.02 Å². The summed E-state index contributed by atoms with van der Waals surface area (Å²) in [4.78, 5) is 29.3. The molecule has 0 aliphatic carbocycles. The monoisotopic (exact) mass is 750 g/mol. The third-order valence-corrected chi connectivity index (χ3v) is 10.3. The number of nitrogens with one attached hydrogen (secondary N) is 2. The minimum Gasteiger partial charge on any atom is -0.354 e. The van der Waals surface area contributed by atoms with E-state index in [2.05, 4.69) is 9.97 Å². The van der Waals surface area contributed by atoms with E-state index in [1.807, 2.05) is 134 Å². The van der Waals surface area contributed by atoms with E-state index in [0.29, 0.717) is 5.02 Å². The first-order valence-electron chi connectivity index (χ1n) is 17.7. The summed E-state index contributed by atoms with van der Waals surface area (Å²) in [6.07, 6.45) is 0. The van der Waals surface area contributed by atoms with Crippen molar-refractivity contribution < 1.29 is 14.2 Å². The summed E-state index contributed by atoms with van der Waals surface area (Å²) in [5.41, 5.74) is 9.81. The molecule has 0 fully saturated rings. The molecule has 55 heavy (non-hydrogen) atoms. The molecule has 0 bridgehead atoms. The zero-order chi connectivity index (χ0) is 38.5. The summed E-state index contributed by atoms with van der Waals surface area (Å²) in [6, 6.07) is 46.9. The second kappa shape index (κ2) is 16.2. The number of benzene rings is 6. The Morgan fingerprint density at radius 3 is 1.45 bits per heavy atom. The summed E-state index contributed by atoms with van der Waals surface area (Å²) in [5, 5.41) is 25.6. The van der Waals surface area contributed by atoms with Crippen LogP contribution in [-0.2, 0) is 0 Å². The summed E-state index contributed by atoms with van der Waals surface area (Å²) in [6.45, 7) is 1.55. The van der Waals surface area contributed by atoms with Crippen LogP contribution in [0.1, 0.15) is 39.7 Å². The molecule has 0 saturated heterocycles. The second-order valence-corrected chi connectivity index (χ2v) is 13.8. The van der Waals surface area contributed by atoms with Crippen molar-refractivity contribution >= 4 is 33.4 Å². The van der Waals surface area contributed by atoms with Crippen LogP contribution in [0, 0.1) is 33.0 Å². The van der Waals surface area contributed by atoms with Gasteiger partial charge >= 0.3 is 0 Å². The SMILES string of the molecule is Cc1ccc(-c2[nH]c3ccccc3c2C(C[N+](=O)[O-])c2ccccc2)cc1Cl.O=[N+]([O-])CC(c1ccccc1)c1c(-c2ccc(F)cc2)[nH]c2ccccc12. The molecular formula is C45H36ClFN4O4. The van der Waals surface area contributed by atoms with Crippen molar-refractivity contribution in [1.82, 2.24) is 9.97 Å². The molecule has 0 spiro atoms. The molecule has 8 aromatic rings. The van der Waals surface area contributed by atoms with Crippen molar-refractivity contribution in [3.63, 3.8) is 0 Å². The minimum atomic E-state index is -0.419. The van der Waals surface area contributed by atoms with Gasteiger partial charge in [0.2, 0.25) is 13.1 Å². The molecule has 2 heterocycles. The van der Waals surface area contributed by atoms with E-state index in [-0.39, 0.29) is 34.7 Å². The Morgan fingerprint density at radius 2 is 1.00 bits per heavy atom. The van der Waals surface area contributed by atoms with Crippen LogP contribution in [0.25, 0.3) is 44.3 Å². The van der Waals surface area contributed by atoms with Gasteiger partial charge in [-0.3, -0.25) is 20.2 Å². The Hall–Kier alpha value is -6.58. The third kappa shape index (κ3) is 8.02. The van der Waals surface area contributed by atoms with Gasteiger partial charge in [-0.15, -0.1) is 0 Å². The molecule has 0 saturated carbocycles. The Bertz CT molecular complexity index is 2610. The normalized spacial score (nSPS) is 12.2. The van der Waals surface area contributed by atoms with Gasteiger partial charge in [0.15, 0.2) is 0 Å². The lowest BCUT2D eigenvalue weighted by molar-refractivity contribution is -0.481. The Kier molecular flexibility index (Phi) is 10.8. The zero-order valence-corrected chi connectivity index (χ0v) is 30.5. The second-order valence-electron chi connectivity index (χ2n) is 13.3. The topological polar surface area (TPSA) is 118 Å². The lowest BCUT2D eigenvalue weighted by atomic mass is 9.87. The van der Waals surface area contributed by atoms with Crippen molar-refractivity contribution in [3.8, 4) is 22.5 Å². The Labute approximate surface area is 321 Å². The molecule has 2 unspecified atom stereocenters. The number of nitrogens with zero attached hydrogens (tertiary/aromatic N) is 2. The van der Waals surface area contributed by atoms with Crippen LogP contribution < -0.4 is 0 Å². The van der Waals surface area contributed by atoms with Crippen molar-refractivity contribution in [3.05, 3.63) is 211 Å². The highest BCUT2D eigenvalue weighted by atomic mass is 35.5. The number of rotatable bonds is 10. The number of aryl methyl sites for hydroxylation is 1. The largest absolute Gasteiger partial charge is 0.354 e. The van der Waals surface area contributed by atoms with Gasteiger partial charge in [0.25, 0.3) is 0 Å². The lowest BCUT2D eigenvalue weighted by Gasteiger charge is -2.16. The molecule has 0 radical (unpaired) electrons. The number of aromatic amines is 2. The van der Waals surface area contributed by atoms with E-state index in [9.17, 15) is 24.6 Å². The number of H-pyrrole nitrogens is 2. The number of halogens is 2. The molecule has 0 aliphatic heterocycles. The van der Waals surface area contributed by atoms with Gasteiger partial charge in [-0.2, -0.15) is 0 Å². The van der Waals surface area contributed by atoms with Gasteiger partial charge in [0.1, 0.15) is 5.82 Å². The Morgan fingerprint density at radius 1 is 0.582 bits per heavy atom. The number of para-hydroxylation sites is 2. The van der Waals surface area contributed by atoms with Gasteiger partial charge in [-0.1, -0.05) is 121 Å². The molecule has 8 rings (SSSR count). The van der Waals surface area contributed by atoms with E-state index in [4.69, 9.17) is 11.6 Å². The van der Waals surface area contributed by atoms with Crippen molar-refractivity contribution in [2.24, 2.45) is 0 Å². The van der Waals surface area contributed by atoms with Crippen LogP contribution >= 0.6 is 11.6 Å². The van der Waals surface area contributed by atoms with Crippen LogP contribution in [-0.4, -0.2) is 32.9 Å². The minimum absolute atomic E-state index is 0.182. The predicted molar refractivity (Wildman–Crippen MR) is 217 cm³/mol. The molecule has 0 amide bonds. The maximum Gasteiger partial charge on any atom is 0.214 e. The first kappa shape index (κ1) is 36.8. The van der Waals surface area contributed by atoms with Crippen molar-refractivity contribution in [2.75, 3.05) is 13.1 Å². The highest BCUT2D eigenvalue weighted by molar-refractivity contribution is 6.31. The summed E-state index contributed by atoms with van der Waals surface area (Å²) < 4.78 is 13.4. The van der Waals surface area contributed by atoms with E-state index in [0.717, 1.165) is 72.1 Å². The quantitative estimate of drug-likeness (QED) is 0.107. The molecule has 10 heteroatoms. The van der Waals surface area contributed by atoms with Crippen LogP contribution in [0.15, 0.2) is 152 Å². The average molecular weight is 751 g/mol. The number of hydrogen-bond acceptors (Lipinski definition) is 4. The number of fused-ring (bicyclic) bond motifs is 2. The van der Waals surface area contributed by atoms with Gasteiger partial charge in [0.05, 0.1) is 23.2 Å². The summed E-state index contributed by atoms with van der Waals surface area (Å²) in [5.74, 6) is -1.11. The molecule has 2 atom stereocenters. The van der Waals surface area contributed by atoms with Crippen LogP contribution in [0.3, 0.4) is 0 Å². The summed E-state index contributed by atoms with van der Waals surface area (Å²) in [7, 11) is 0. The standard InChI is InChI=1S/C23H19ClN2O2.C22H17FN2O2/c1-15-11-12-17(13-20(15)24)23-22(18-9-5-6-10-21(18)25-23)19(14-26(27)28)16-7-3-2-4-8-16;23-17-12-10-16(11-13-17)22-21(18-8-4-5-9-20(18)24-22)19(14-25(26)27)15-6-2-1-3-7-15/h2-13,19,25H,14H2,1H3;1-13,19,24H,14H2. The summed E-state index contributed by atoms with van der Waals surface area (Å²) >= 11 is 6.37. The van der Waals surface area contributed by atoms with Gasteiger partial charge < -0.3 is 9.97 Å². The average Bonchev–Trinajstić information content (AvgIpc) is 3.77. The molecule has 8 nitrogen and oxygen atoms in total. The van der Waals surface area contributed by atoms with Crippen molar-refractivity contribution in [1.29, 1.82) is 0 Å². The predicted octanol–water partition coefficient (Wildman–Crippen LogP) is 11.6. The highest BCUT2D eigenvalue weighted by Gasteiger charge is 2.29. The fourth-order valence-corrected chi connectivity index (χ4v) is 7.45. The van der Waals surface area contributed by atoms with E-state index in [1.165, 1.54) is 12.1 Å². The first-order valence-corrected chi connectivity index (χ1v) is 18.1. The lowest BCUT2D eigenvalue weighted by Crippen LogP contribution is -2.14. The maximum absolute atomic E-state index is 13.4. The van der Waals surface area contributed by atoms with Crippen molar-refractivity contribution in [2.45, 2.75) is 18.8 Å². The molecule has 2 aromatic heterocycles. The smallest absolute Gasteiger partial charge is 0.214 e. The number of nitro groups is 2. The number of aromatic nitrogens is 2. The first-order chi connectivity index (χ1) is 26.7. The maximum atomic E-state index is 13.4. The molecule has 2 N–H and O–H groups in total. The Balaban J connectivity index is 0.000000169. The molecule has 0 aliphatic rings. The fraction of sp³-hybridized carbons (Fsp3) is 0.111. The zero-order valence-electron chi connectivity index (χ0n) is 29.8. The molecular weight excluding hydrogens is 715 g/mol. The van der Waals surface area contributed by atoms with E-state index < -0.39 is 5.92 Å². The molecule has 6 aromatic carbocycles. The highest BCUT2D eigenvalue weighted by Crippen LogP contribution is 2.41. The number of hydrogen-bond donors (Lipinski definition) is 2. The van der Waals surface area contributed by atoms with Crippen LogP contribution in [0.4, 0.5) is 4.39 Å².